The normalized spacial score (nSPS) is 11.8. The lowest BCUT2D eigenvalue weighted by molar-refractivity contribution is -0.115. The molecule has 1 heterocycles. The lowest BCUT2D eigenvalue weighted by Crippen LogP contribution is -2.23. The number of para-hydroxylation sites is 2. The highest BCUT2D eigenvalue weighted by Crippen LogP contribution is 2.34. The zero-order chi connectivity index (χ0) is 22.7. The van der Waals surface area contributed by atoms with Gasteiger partial charge >= 0.3 is 0 Å². The molecule has 0 saturated heterocycles. The van der Waals surface area contributed by atoms with Crippen LogP contribution in [-0.2, 0) is 4.79 Å². The third kappa shape index (κ3) is 4.53. The Bertz CT molecular complexity index is 1250. The molecule has 1 amide bonds. The lowest BCUT2D eigenvalue weighted by Gasteiger charge is -2.15. The Morgan fingerprint density at radius 3 is 2.38 bits per heavy atom. The molecule has 0 radical (unpaired) electrons. The highest BCUT2D eigenvalue weighted by Gasteiger charge is 2.23. The van der Waals surface area contributed by atoms with Gasteiger partial charge in [0.05, 0.1) is 10.8 Å². The van der Waals surface area contributed by atoms with E-state index in [1.54, 1.807) is 18.2 Å². The number of nitrogens with zero attached hydrogens (tertiary/aromatic N) is 3. The number of aromatic nitrogens is 3. The molecule has 32 heavy (non-hydrogen) atoms. The van der Waals surface area contributed by atoms with Crippen molar-refractivity contribution in [2.75, 3.05) is 5.32 Å². The maximum atomic E-state index is 12.9. The third-order valence-electron chi connectivity index (χ3n) is 5.12. The second-order valence-corrected chi connectivity index (χ2v) is 8.87. The summed E-state index contributed by atoms with van der Waals surface area (Å²) >= 11 is 1.32. The predicted molar refractivity (Wildman–Crippen MR) is 128 cm³/mol. The first-order valence-corrected chi connectivity index (χ1v) is 11.2. The van der Waals surface area contributed by atoms with Crippen molar-refractivity contribution in [3.05, 3.63) is 83.9 Å². The van der Waals surface area contributed by atoms with Gasteiger partial charge in [-0.05, 0) is 56.7 Å². The Kier molecular flexibility index (Phi) is 6.28. The van der Waals surface area contributed by atoms with Crippen molar-refractivity contribution in [1.29, 1.82) is 0 Å². The average molecular weight is 445 g/mol. The Hall–Kier alpha value is -3.58. The van der Waals surface area contributed by atoms with Crippen LogP contribution in [0.5, 0.6) is 5.75 Å². The summed E-state index contributed by atoms with van der Waals surface area (Å²) in [6, 6.07) is 22.7. The number of carbonyl (C=O) groups is 1. The quantitative estimate of drug-likeness (QED) is 0.391. The fourth-order valence-corrected chi connectivity index (χ4v) is 4.14. The van der Waals surface area contributed by atoms with Crippen molar-refractivity contribution in [2.45, 2.75) is 31.2 Å². The molecule has 0 unspecified atom stereocenters. The SMILES string of the molecule is Cc1ccc(-n2c(S[C@H](C)C(=O)Nc3ccccc3C)nnc2-c2ccccc2O)cc1. The van der Waals surface area contributed by atoms with Crippen molar-refractivity contribution in [2.24, 2.45) is 0 Å². The van der Waals surface area contributed by atoms with Crippen molar-refractivity contribution in [1.82, 2.24) is 14.8 Å². The van der Waals surface area contributed by atoms with Gasteiger partial charge in [-0.3, -0.25) is 9.36 Å². The van der Waals surface area contributed by atoms with E-state index in [9.17, 15) is 9.90 Å². The Labute approximate surface area is 191 Å². The summed E-state index contributed by atoms with van der Waals surface area (Å²) in [6.45, 7) is 5.82. The van der Waals surface area contributed by atoms with Crippen LogP contribution in [0.25, 0.3) is 17.1 Å². The summed E-state index contributed by atoms with van der Waals surface area (Å²) in [4.78, 5) is 12.9. The summed E-state index contributed by atoms with van der Waals surface area (Å²) in [5, 5.41) is 22.3. The number of aryl methyl sites for hydroxylation is 2. The zero-order valence-corrected chi connectivity index (χ0v) is 18.9. The number of carbonyl (C=O) groups excluding carboxylic acids is 1. The van der Waals surface area contributed by atoms with Gasteiger partial charge in [0.15, 0.2) is 11.0 Å². The number of rotatable bonds is 6. The first-order valence-electron chi connectivity index (χ1n) is 10.3. The minimum absolute atomic E-state index is 0.119. The van der Waals surface area contributed by atoms with E-state index in [0.717, 1.165) is 22.5 Å². The molecule has 0 aliphatic heterocycles. The van der Waals surface area contributed by atoms with Crippen LogP contribution in [0, 0.1) is 13.8 Å². The largest absolute Gasteiger partial charge is 0.507 e. The molecule has 0 aliphatic carbocycles. The molecule has 0 aliphatic rings. The van der Waals surface area contributed by atoms with E-state index in [1.807, 2.05) is 79.9 Å². The number of amides is 1. The van der Waals surface area contributed by atoms with E-state index < -0.39 is 5.25 Å². The minimum atomic E-state index is -0.416. The maximum absolute atomic E-state index is 12.9. The molecule has 1 atom stereocenters. The van der Waals surface area contributed by atoms with Gasteiger partial charge in [-0.25, -0.2) is 0 Å². The van der Waals surface area contributed by atoms with Gasteiger partial charge in [-0.1, -0.05) is 59.8 Å². The maximum Gasteiger partial charge on any atom is 0.237 e. The molecular weight excluding hydrogens is 420 g/mol. The van der Waals surface area contributed by atoms with Crippen LogP contribution in [0.4, 0.5) is 5.69 Å². The van der Waals surface area contributed by atoms with Gasteiger partial charge < -0.3 is 10.4 Å². The topological polar surface area (TPSA) is 80.0 Å². The van der Waals surface area contributed by atoms with Gasteiger partial charge in [0.1, 0.15) is 5.75 Å². The first kappa shape index (κ1) is 21.6. The molecule has 0 fully saturated rings. The van der Waals surface area contributed by atoms with Gasteiger partial charge in [0.2, 0.25) is 5.91 Å². The van der Waals surface area contributed by atoms with Gasteiger partial charge in [-0.2, -0.15) is 0 Å². The van der Waals surface area contributed by atoms with Crippen LogP contribution in [0.15, 0.2) is 78.0 Å². The van der Waals surface area contributed by atoms with Crippen LogP contribution in [0.2, 0.25) is 0 Å². The van der Waals surface area contributed by atoms with E-state index in [4.69, 9.17) is 0 Å². The lowest BCUT2D eigenvalue weighted by atomic mass is 10.1. The van der Waals surface area contributed by atoms with Crippen molar-refractivity contribution < 1.29 is 9.90 Å². The first-order chi connectivity index (χ1) is 15.4. The molecule has 3 aromatic carbocycles. The van der Waals surface area contributed by atoms with Crippen LogP contribution in [-0.4, -0.2) is 31.0 Å². The number of phenolic OH excluding ortho intramolecular Hbond substituents is 1. The van der Waals surface area contributed by atoms with E-state index in [0.29, 0.717) is 16.5 Å². The average Bonchev–Trinajstić information content (AvgIpc) is 3.19. The number of benzene rings is 3. The fraction of sp³-hybridized carbons (Fsp3) is 0.160. The van der Waals surface area contributed by atoms with Crippen LogP contribution >= 0.6 is 11.8 Å². The summed E-state index contributed by atoms with van der Waals surface area (Å²) in [5.74, 6) is 0.517. The van der Waals surface area contributed by atoms with E-state index in [2.05, 4.69) is 15.5 Å². The number of hydrogen-bond acceptors (Lipinski definition) is 5. The second kappa shape index (κ2) is 9.28. The number of hydrogen-bond donors (Lipinski definition) is 2. The predicted octanol–water partition coefficient (Wildman–Crippen LogP) is 5.38. The van der Waals surface area contributed by atoms with Gasteiger partial charge in [-0.15, -0.1) is 10.2 Å². The van der Waals surface area contributed by atoms with Crippen LogP contribution in [0.3, 0.4) is 0 Å². The third-order valence-corrected chi connectivity index (χ3v) is 6.17. The Balaban J connectivity index is 1.68. The molecule has 0 bridgehead atoms. The number of thioether (sulfide) groups is 1. The zero-order valence-electron chi connectivity index (χ0n) is 18.1. The molecule has 2 N–H and O–H groups in total. The molecule has 4 aromatic rings. The molecule has 6 nitrogen and oxygen atoms in total. The van der Waals surface area contributed by atoms with E-state index in [1.165, 1.54) is 11.8 Å². The fourth-order valence-electron chi connectivity index (χ4n) is 3.27. The standard InChI is InChI=1S/C25H24N4O2S/c1-16-12-14-19(15-13-16)29-23(20-9-5-7-11-22(20)30)27-28-25(29)32-18(3)24(31)26-21-10-6-4-8-17(21)2/h4-15,18,30H,1-3H3,(H,26,31)/t18-/m1/s1. The van der Waals surface area contributed by atoms with Crippen molar-refractivity contribution in [3.63, 3.8) is 0 Å². The van der Waals surface area contributed by atoms with E-state index in [-0.39, 0.29) is 11.7 Å². The molecule has 4 rings (SSSR count). The second-order valence-electron chi connectivity index (χ2n) is 7.56. The monoisotopic (exact) mass is 444 g/mol. The number of nitrogens with one attached hydrogen (secondary N) is 1. The van der Waals surface area contributed by atoms with Crippen molar-refractivity contribution >= 4 is 23.4 Å². The molecule has 0 saturated carbocycles. The van der Waals surface area contributed by atoms with E-state index >= 15 is 0 Å². The van der Waals surface area contributed by atoms with Crippen LogP contribution < -0.4 is 5.32 Å². The summed E-state index contributed by atoms with van der Waals surface area (Å²) < 4.78 is 1.87. The highest BCUT2D eigenvalue weighted by atomic mass is 32.2. The van der Waals surface area contributed by atoms with Gasteiger partial charge in [0.25, 0.3) is 0 Å². The summed E-state index contributed by atoms with van der Waals surface area (Å²) in [7, 11) is 0. The molecular formula is C25H24N4O2S. The molecule has 162 valence electrons. The molecule has 0 spiro atoms. The summed E-state index contributed by atoms with van der Waals surface area (Å²) in [5.41, 5.74) is 4.35. The number of anilines is 1. The number of phenols is 1. The highest BCUT2D eigenvalue weighted by molar-refractivity contribution is 8.00. The van der Waals surface area contributed by atoms with Crippen molar-refractivity contribution in [3.8, 4) is 22.8 Å². The van der Waals surface area contributed by atoms with Crippen LogP contribution in [0.1, 0.15) is 18.1 Å². The Morgan fingerprint density at radius 2 is 1.66 bits per heavy atom. The number of aromatic hydroxyl groups is 1. The Morgan fingerprint density at radius 1 is 0.969 bits per heavy atom. The molecule has 7 heteroatoms. The minimum Gasteiger partial charge on any atom is -0.507 e. The summed E-state index contributed by atoms with van der Waals surface area (Å²) in [6.07, 6.45) is 0. The smallest absolute Gasteiger partial charge is 0.237 e. The van der Waals surface area contributed by atoms with Gasteiger partial charge in [0, 0.05) is 11.4 Å². The molecule has 1 aromatic heterocycles.